The number of nitrogens with one attached hydrogen (secondary N) is 3. The topological polar surface area (TPSA) is 75.8 Å². The maximum absolute atomic E-state index is 13.3. The molecule has 2 aliphatic heterocycles. The molecule has 2 aromatic heterocycles. The van der Waals surface area contributed by atoms with Gasteiger partial charge in [-0.05, 0) is 66.6 Å². The van der Waals surface area contributed by atoms with Crippen molar-refractivity contribution in [3.63, 3.8) is 0 Å². The number of alkyl halides is 3. The Hall–Kier alpha value is -4.67. The average Bonchev–Trinajstić information content (AvgIpc) is 3.33. The van der Waals surface area contributed by atoms with E-state index >= 15 is 0 Å². The molecule has 224 valence electrons. The molecule has 0 spiro atoms. The maximum Gasteiger partial charge on any atom is 0.416 e. The van der Waals surface area contributed by atoms with Crippen molar-refractivity contribution in [2.75, 3.05) is 17.2 Å². The molecule has 0 amide bonds. The largest absolute Gasteiger partial charge is 0.463 e. The summed E-state index contributed by atoms with van der Waals surface area (Å²) in [6.07, 6.45) is 2.16. The minimum absolute atomic E-state index is 0.0815. The van der Waals surface area contributed by atoms with Crippen LogP contribution in [0.4, 0.5) is 30.2 Å². The normalized spacial score (nSPS) is 20.8. The number of fused-ring (bicyclic) bond motifs is 1. The molecule has 2 atom stereocenters. The van der Waals surface area contributed by atoms with E-state index in [0.717, 1.165) is 35.5 Å². The Morgan fingerprint density at radius 1 is 1.09 bits per heavy atom. The highest BCUT2D eigenvalue weighted by Crippen LogP contribution is 2.50. The predicted octanol–water partition coefficient (Wildman–Crippen LogP) is 8.78. The van der Waals surface area contributed by atoms with Crippen molar-refractivity contribution in [1.82, 2.24) is 9.88 Å². The lowest BCUT2D eigenvalue weighted by Gasteiger charge is -2.45. The first-order chi connectivity index (χ1) is 21.1. The van der Waals surface area contributed by atoms with Crippen LogP contribution in [0.15, 0.2) is 107 Å². The van der Waals surface area contributed by atoms with Crippen LogP contribution in [-0.4, -0.2) is 23.1 Å². The number of aromatic nitrogens is 1. The summed E-state index contributed by atoms with van der Waals surface area (Å²) in [4.78, 5) is 4.67. The van der Waals surface area contributed by atoms with Crippen molar-refractivity contribution in [3.8, 4) is 17.2 Å². The van der Waals surface area contributed by atoms with E-state index in [1.165, 1.54) is 6.07 Å². The molecule has 3 aliphatic rings. The van der Waals surface area contributed by atoms with Crippen LogP contribution < -0.4 is 20.7 Å². The van der Waals surface area contributed by atoms with Crippen LogP contribution in [0, 0.1) is 0 Å². The summed E-state index contributed by atoms with van der Waals surface area (Å²) in [6.45, 7) is 8.93. The number of nitrogens with zero attached hydrogens (tertiary/aromatic N) is 2. The van der Waals surface area contributed by atoms with Gasteiger partial charge in [0.05, 0.1) is 40.0 Å². The highest BCUT2D eigenvalue weighted by atomic mass is 35.5. The maximum atomic E-state index is 13.3. The molecule has 2 fully saturated rings. The van der Waals surface area contributed by atoms with Crippen LogP contribution in [0.25, 0.3) is 17.2 Å². The lowest BCUT2D eigenvalue weighted by Crippen LogP contribution is -2.67. The van der Waals surface area contributed by atoms with Gasteiger partial charge in [-0.15, -0.1) is 0 Å². The van der Waals surface area contributed by atoms with E-state index in [1.807, 2.05) is 24.3 Å². The first-order valence-electron chi connectivity index (χ1n) is 14.0. The smallest absolute Gasteiger partial charge is 0.416 e. The first-order valence-corrected chi connectivity index (χ1v) is 14.3. The van der Waals surface area contributed by atoms with Crippen LogP contribution in [0.5, 0.6) is 5.75 Å². The quantitative estimate of drug-likeness (QED) is 0.136. The van der Waals surface area contributed by atoms with Gasteiger partial charge in [-0.25, -0.2) is 0 Å². The monoisotopic (exact) mass is 617 g/mol. The Labute approximate surface area is 256 Å². The van der Waals surface area contributed by atoms with Crippen molar-refractivity contribution < 1.29 is 22.3 Å². The second kappa shape index (κ2) is 10.5. The lowest BCUT2D eigenvalue weighted by atomic mass is 10.1. The molecular weight excluding hydrogens is 591 g/mol. The standard InChI is InChI=1S/C33H27ClF3N5O2/c1-19-13-30(31-26(38-18-19)17-28(29-7-4-12-43-29)42(31)27-14-20(27)2)44-23-8-9-25(24(34)16-23)41-32(10-11-39-32)40-22-6-3-5-21(15-22)33(35,36)37/h3-9,12-13,15-18,27,39-41H,1-2,10-11,14H2. The Balaban J connectivity index is 1.16. The molecular formula is C33H27ClF3N5O2. The molecule has 4 aromatic rings. The number of aliphatic imine (C=N–C) groups is 1. The third-order valence-electron chi connectivity index (χ3n) is 7.78. The number of benzene rings is 2. The van der Waals surface area contributed by atoms with Gasteiger partial charge in [0, 0.05) is 30.9 Å². The first kappa shape index (κ1) is 28.1. The highest BCUT2D eigenvalue weighted by molar-refractivity contribution is 6.33. The zero-order chi connectivity index (χ0) is 30.6. The zero-order valence-corrected chi connectivity index (χ0v) is 24.1. The van der Waals surface area contributed by atoms with E-state index in [0.29, 0.717) is 57.9 Å². The summed E-state index contributed by atoms with van der Waals surface area (Å²) in [7, 11) is 0. The molecule has 11 heteroatoms. The minimum Gasteiger partial charge on any atom is -0.463 e. The lowest BCUT2D eigenvalue weighted by molar-refractivity contribution is -0.137. The van der Waals surface area contributed by atoms with E-state index in [1.54, 1.807) is 36.7 Å². The molecule has 44 heavy (non-hydrogen) atoms. The third-order valence-corrected chi connectivity index (χ3v) is 8.09. The number of hydrogen-bond acceptors (Lipinski definition) is 6. The molecule has 1 saturated carbocycles. The van der Waals surface area contributed by atoms with E-state index in [4.69, 9.17) is 20.8 Å². The fourth-order valence-electron chi connectivity index (χ4n) is 5.42. The summed E-state index contributed by atoms with van der Waals surface area (Å²) < 4.78 is 54.1. The highest BCUT2D eigenvalue weighted by Gasteiger charge is 2.39. The second-order valence-electron chi connectivity index (χ2n) is 11.0. The predicted molar refractivity (Wildman–Crippen MR) is 166 cm³/mol. The van der Waals surface area contributed by atoms with Gasteiger partial charge >= 0.3 is 6.18 Å². The number of ether oxygens (including phenoxy) is 1. The number of allylic oxidation sites excluding steroid dienone is 3. The Kier molecular flexibility index (Phi) is 6.71. The Bertz CT molecular complexity index is 1850. The molecule has 4 heterocycles. The Morgan fingerprint density at radius 3 is 2.57 bits per heavy atom. The van der Waals surface area contributed by atoms with Crippen LogP contribution >= 0.6 is 11.6 Å². The molecule has 3 N–H and O–H groups in total. The molecule has 1 aliphatic carbocycles. The zero-order valence-electron chi connectivity index (χ0n) is 23.3. The second-order valence-corrected chi connectivity index (χ2v) is 11.4. The number of halogens is 4. The molecule has 0 radical (unpaired) electrons. The summed E-state index contributed by atoms with van der Waals surface area (Å²) in [5.41, 5.74) is 4.29. The average molecular weight is 618 g/mol. The molecule has 0 bridgehead atoms. The fourth-order valence-corrected chi connectivity index (χ4v) is 5.63. The molecule has 2 aromatic carbocycles. The van der Waals surface area contributed by atoms with E-state index < -0.39 is 17.5 Å². The van der Waals surface area contributed by atoms with E-state index in [9.17, 15) is 13.2 Å². The molecule has 7 nitrogen and oxygen atoms in total. The van der Waals surface area contributed by atoms with Gasteiger partial charge in [0.25, 0.3) is 0 Å². The number of furan rings is 1. The van der Waals surface area contributed by atoms with Crippen LogP contribution in [0.2, 0.25) is 5.02 Å². The van der Waals surface area contributed by atoms with Gasteiger partial charge in [-0.2, -0.15) is 13.2 Å². The van der Waals surface area contributed by atoms with Crippen molar-refractivity contribution in [3.05, 3.63) is 114 Å². The SMILES string of the molecule is C=C1C=Nc2cc(-c3ccco3)n(C3CC3=C)c2C(Oc2ccc(NC3(Nc4cccc(C(F)(F)F)c4)CCN3)c(Cl)c2)=C1. The van der Waals surface area contributed by atoms with Crippen LogP contribution in [0.1, 0.15) is 30.1 Å². The molecule has 2 unspecified atom stereocenters. The van der Waals surface area contributed by atoms with Gasteiger partial charge in [-0.1, -0.05) is 36.4 Å². The minimum atomic E-state index is -4.44. The number of hydrogen-bond donors (Lipinski definition) is 3. The van der Waals surface area contributed by atoms with Crippen molar-refractivity contribution in [2.45, 2.75) is 30.8 Å². The molecule has 1 saturated heterocycles. The number of rotatable bonds is 8. The van der Waals surface area contributed by atoms with Crippen LogP contribution in [0.3, 0.4) is 0 Å². The summed E-state index contributed by atoms with van der Waals surface area (Å²) >= 11 is 6.73. The van der Waals surface area contributed by atoms with E-state index in [-0.39, 0.29) is 6.04 Å². The number of anilines is 2. The summed E-state index contributed by atoms with van der Waals surface area (Å²) in [5.74, 6) is 0.859. The van der Waals surface area contributed by atoms with Gasteiger partial charge in [0.1, 0.15) is 17.2 Å². The Morgan fingerprint density at radius 2 is 1.91 bits per heavy atom. The van der Waals surface area contributed by atoms with Gasteiger partial charge < -0.3 is 24.4 Å². The fraction of sp³-hybridized carbons (Fsp3) is 0.182. The van der Waals surface area contributed by atoms with Crippen molar-refractivity contribution in [2.24, 2.45) is 4.99 Å². The third kappa shape index (κ3) is 5.31. The molecule has 7 rings (SSSR count). The van der Waals surface area contributed by atoms with Crippen molar-refractivity contribution in [1.29, 1.82) is 0 Å². The van der Waals surface area contributed by atoms with Crippen molar-refractivity contribution >= 4 is 40.6 Å². The van der Waals surface area contributed by atoms with E-state index in [2.05, 4.69) is 38.7 Å². The van der Waals surface area contributed by atoms with Gasteiger partial charge in [-0.3, -0.25) is 10.3 Å². The van der Waals surface area contributed by atoms with Gasteiger partial charge in [0.2, 0.25) is 0 Å². The summed E-state index contributed by atoms with van der Waals surface area (Å²) in [5, 5.41) is 10.1. The van der Waals surface area contributed by atoms with Crippen LogP contribution in [-0.2, 0) is 6.18 Å². The van der Waals surface area contributed by atoms with Gasteiger partial charge in [0.15, 0.2) is 11.5 Å². The summed E-state index contributed by atoms with van der Waals surface area (Å²) in [6, 6.07) is 16.1.